The van der Waals surface area contributed by atoms with Gasteiger partial charge in [0.1, 0.15) is 0 Å². The number of hydrogen-bond donors (Lipinski definition) is 3. The maximum atomic E-state index is 11.8. The summed E-state index contributed by atoms with van der Waals surface area (Å²) in [4.78, 5) is 35.0. The average Bonchev–Trinajstić information content (AvgIpc) is 2.97. The van der Waals surface area contributed by atoms with Gasteiger partial charge >= 0.3 is 0 Å². The molecule has 7 nitrogen and oxygen atoms in total. The van der Waals surface area contributed by atoms with E-state index in [1.807, 2.05) is 6.92 Å². The molecule has 3 amide bonds. The lowest BCUT2D eigenvalue weighted by atomic mass is 10.1. The van der Waals surface area contributed by atoms with Crippen molar-refractivity contribution in [1.29, 1.82) is 0 Å². The summed E-state index contributed by atoms with van der Waals surface area (Å²) >= 11 is 3.07. The highest BCUT2D eigenvalue weighted by atomic mass is 79.9. The maximum Gasteiger partial charge on any atom is 0.287 e. The number of benzene rings is 1. The first-order valence-electron chi connectivity index (χ1n) is 6.65. The van der Waals surface area contributed by atoms with Gasteiger partial charge in [0, 0.05) is 5.56 Å². The Balaban J connectivity index is 1.75. The van der Waals surface area contributed by atoms with Gasteiger partial charge in [-0.1, -0.05) is 17.7 Å². The van der Waals surface area contributed by atoms with Crippen molar-refractivity contribution in [2.45, 2.75) is 6.92 Å². The lowest BCUT2D eigenvalue weighted by Crippen LogP contribution is -2.46. The molecule has 2 rings (SSSR count). The van der Waals surface area contributed by atoms with Gasteiger partial charge in [-0.05, 0) is 47.1 Å². The summed E-state index contributed by atoms with van der Waals surface area (Å²) in [5.74, 6) is -1.46. The molecule has 0 radical (unpaired) electrons. The minimum Gasteiger partial charge on any atom is -0.444 e. The molecular weight excluding hydrogens is 366 g/mol. The molecule has 0 saturated carbocycles. The molecule has 1 aromatic heterocycles. The summed E-state index contributed by atoms with van der Waals surface area (Å²) in [6, 6.07) is 9.91. The van der Waals surface area contributed by atoms with Gasteiger partial charge in [0.25, 0.3) is 17.7 Å². The number of furan rings is 1. The third-order valence-corrected chi connectivity index (χ3v) is 3.26. The van der Waals surface area contributed by atoms with E-state index in [-0.39, 0.29) is 12.3 Å². The van der Waals surface area contributed by atoms with Crippen LogP contribution < -0.4 is 16.2 Å². The molecule has 1 heterocycles. The number of halogens is 1. The van der Waals surface area contributed by atoms with Crippen molar-refractivity contribution in [1.82, 2.24) is 16.2 Å². The van der Waals surface area contributed by atoms with Crippen LogP contribution >= 0.6 is 15.9 Å². The van der Waals surface area contributed by atoms with E-state index in [0.29, 0.717) is 10.2 Å². The number of rotatable bonds is 4. The molecular formula is C15H14BrN3O4. The van der Waals surface area contributed by atoms with Crippen molar-refractivity contribution >= 4 is 33.7 Å². The molecule has 2 aromatic rings. The van der Waals surface area contributed by atoms with Crippen molar-refractivity contribution in [3.05, 3.63) is 58.0 Å². The molecule has 0 atom stereocenters. The molecule has 0 fully saturated rings. The Labute approximate surface area is 140 Å². The van der Waals surface area contributed by atoms with Crippen LogP contribution in [0.2, 0.25) is 0 Å². The molecule has 0 aliphatic rings. The Morgan fingerprint density at radius 2 is 1.70 bits per heavy atom. The number of hydrogen-bond acceptors (Lipinski definition) is 4. The topological polar surface area (TPSA) is 100 Å². The third kappa shape index (κ3) is 4.96. The highest BCUT2D eigenvalue weighted by molar-refractivity contribution is 9.10. The van der Waals surface area contributed by atoms with Crippen molar-refractivity contribution in [2.75, 3.05) is 6.54 Å². The largest absolute Gasteiger partial charge is 0.444 e. The Kier molecular flexibility index (Phi) is 5.53. The second kappa shape index (κ2) is 7.59. The van der Waals surface area contributed by atoms with Crippen molar-refractivity contribution in [2.24, 2.45) is 0 Å². The highest BCUT2D eigenvalue weighted by Crippen LogP contribution is 2.13. The van der Waals surface area contributed by atoms with E-state index >= 15 is 0 Å². The predicted molar refractivity (Wildman–Crippen MR) is 85.5 cm³/mol. The maximum absolute atomic E-state index is 11.8. The lowest BCUT2D eigenvalue weighted by molar-refractivity contribution is -0.120. The van der Waals surface area contributed by atoms with Crippen LogP contribution in [0.4, 0.5) is 0 Å². The van der Waals surface area contributed by atoms with Gasteiger partial charge in [-0.15, -0.1) is 0 Å². The number of carbonyl (C=O) groups excluding carboxylic acids is 3. The van der Waals surface area contributed by atoms with E-state index < -0.39 is 17.7 Å². The van der Waals surface area contributed by atoms with E-state index in [1.165, 1.54) is 6.07 Å². The number of nitrogens with one attached hydrogen (secondary N) is 3. The standard InChI is InChI=1S/C15H14BrN3O4/c1-9-2-4-10(5-3-9)14(21)19-18-13(20)8-17-15(22)11-6-7-12(16)23-11/h2-7H,8H2,1H3,(H,17,22)(H,18,20)(H,19,21). The third-order valence-electron chi connectivity index (χ3n) is 2.84. The summed E-state index contributed by atoms with van der Waals surface area (Å²) in [5, 5.41) is 2.37. The van der Waals surface area contributed by atoms with Gasteiger partial charge in [0.05, 0.1) is 6.54 Å². The summed E-state index contributed by atoms with van der Waals surface area (Å²) in [5.41, 5.74) is 5.92. The molecule has 3 N–H and O–H groups in total. The Morgan fingerprint density at radius 1 is 1.00 bits per heavy atom. The van der Waals surface area contributed by atoms with Crippen LogP contribution in [0.5, 0.6) is 0 Å². The van der Waals surface area contributed by atoms with Crippen molar-refractivity contribution in [3.8, 4) is 0 Å². The molecule has 1 aromatic carbocycles. The number of aryl methyl sites for hydroxylation is 1. The molecule has 120 valence electrons. The lowest BCUT2D eigenvalue weighted by Gasteiger charge is -2.08. The van der Waals surface area contributed by atoms with Crippen LogP contribution in [0.3, 0.4) is 0 Å². The first-order valence-corrected chi connectivity index (χ1v) is 7.44. The van der Waals surface area contributed by atoms with E-state index in [9.17, 15) is 14.4 Å². The van der Waals surface area contributed by atoms with Crippen LogP contribution in [-0.2, 0) is 4.79 Å². The Hall–Kier alpha value is -2.61. The second-order valence-corrected chi connectivity index (χ2v) is 5.44. The van der Waals surface area contributed by atoms with E-state index in [0.717, 1.165) is 5.56 Å². The highest BCUT2D eigenvalue weighted by Gasteiger charge is 2.12. The normalized spacial score (nSPS) is 10.0. The van der Waals surface area contributed by atoms with Gasteiger partial charge in [0.15, 0.2) is 10.4 Å². The van der Waals surface area contributed by atoms with Crippen molar-refractivity contribution < 1.29 is 18.8 Å². The van der Waals surface area contributed by atoms with Crippen LogP contribution in [0.15, 0.2) is 45.5 Å². The molecule has 0 aliphatic heterocycles. The van der Waals surface area contributed by atoms with Gasteiger partial charge in [-0.25, -0.2) is 0 Å². The zero-order valence-electron chi connectivity index (χ0n) is 12.2. The molecule has 0 unspecified atom stereocenters. The number of amides is 3. The minimum atomic E-state index is -0.565. The molecule has 0 aliphatic carbocycles. The van der Waals surface area contributed by atoms with E-state index in [4.69, 9.17) is 4.42 Å². The molecule has 0 bridgehead atoms. The predicted octanol–water partition coefficient (Wildman–Crippen LogP) is 1.54. The first-order chi connectivity index (χ1) is 11.0. The van der Waals surface area contributed by atoms with Gasteiger partial charge in [-0.2, -0.15) is 0 Å². The molecule has 8 heteroatoms. The summed E-state index contributed by atoms with van der Waals surface area (Å²) < 4.78 is 5.46. The van der Waals surface area contributed by atoms with Crippen LogP contribution in [0, 0.1) is 6.92 Å². The molecule has 0 saturated heterocycles. The zero-order valence-corrected chi connectivity index (χ0v) is 13.8. The smallest absolute Gasteiger partial charge is 0.287 e. The number of hydrazine groups is 1. The van der Waals surface area contributed by atoms with Crippen LogP contribution in [0.1, 0.15) is 26.5 Å². The second-order valence-electron chi connectivity index (χ2n) is 4.65. The Bertz CT molecular complexity index is 725. The summed E-state index contributed by atoms with van der Waals surface area (Å²) in [6.45, 7) is 1.61. The fourth-order valence-corrected chi connectivity index (χ4v) is 1.94. The number of carbonyl (C=O) groups is 3. The van der Waals surface area contributed by atoms with Crippen LogP contribution in [-0.4, -0.2) is 24.3 Å². The fraction of sp³-hybridized carbons (Fsp3) is 0.133. The van der Waals surface area contributed by atoms with E-state index in [2.05, 4.69) is 32.1 Å². The SMILES string of the molecule is Cc1ccc(C(=O)NNC(=O)CNC(=O)c2ccc(Br)o2)cc1. The minimum absolute atomic E-state index is 0.0772. The first kappa shape index (κ1) is 16.8. The summed E-state index contributed by atoms with van der Waals surface area (Å²) in [7, 11) is 0. The Morgan fingerprint density at radius 3 is 2.30 bits per heavy atom. The fourth-order valence-electron chi connectivity index (χ4n) is 1.63. The molecule has 23 heavy (non-hydrogen) atoms. The van der Waals surface area contributed by atoms with E-state index in [1.54, 1.807) is 30.3 Å². The molecule has 0 spiro atoms. The van der Waals surface area contributed by atoms with Crippen LogP contribution in [0.25, 0.3) is 0 Å². The van der Waals surface area contributed by atoms with Crippen molar-refractivity contribution in [3.63, 3.8) is 0 Å². The van der Waals surface area contributed by atoms with Gasteiger partial charge in [0.2, 0.25) is 0 Å². The summed E-state index contributed by atoms with van der Waals surface area (Å²) in [6.07, 6.45) is 0. The van der Waals surface area contributed by atoms with Gasteiger partial charge < -0.3 is 9.73 Å². The average molecular weight is 380 g/mol. The monoisotopic (exact) mass is 379 g/mol. The van der Waals surface area contributed by atoms with Gasteiger partial charge in [-0.3, -0.25) is 25.2 Å². The quantitative estimate of drug-likeness (QED) is 0.701. The zero-order chi connectivity index (χ0) is 16.8.